The number of urea groups is 1. The third kappa shape index (κ3) is 3.54. The van der Waals surface area contributed by atoms with Gasteiger partial charge in [-0.3, -0.25) is 4.79 Å². The highest BCUT2D eigenvalue weighted by Crippen LogP contribution is 2.29. The summed E-state index contributed by atoms with van der Waals surface area (Å²) in [7, 11) is 1.59. The number of hydrogen-bond donors (Lipinski definition) is 3. The van der Waals surface area contributed by atoms with Crippen molar-refractivity contribution in [3.63, 3.8) is 0 Å². The molecular formula is C20H21N3O3. The molecule has 0 unspecified atom stereocenters. The maximum atomic E-state index is 12.9. The molecule has 1 heterocycles. The van der Waals surface area contributed by atoms with Crippen LogP contribution in [0.3, 0.4) is 0 Å². The second-order valence-corrected chi connectivity index (χ2v) is 6.11. The number of benzene rings is 2. The van der Waals surface area contributed by atoms with Gasteiger partial charge in [0.15, 0.2) is 0 Å². The van der Waals surface area contributed by atoms with Gasteiger partial charge in [-0.25, -0.2) is 4.79 Å². The molecule has 6 heteroatoms. The Kier molecular flexibility index (Phi) is 4.93. The van der Waals surface area contributed by atoms with E-state index in [1.807, 2.05) is 31.2 Å². The summed E-state index contributed by atoms with van der Waals surface area (Å²) in [5.41, 5.74) is 3.56. The van der Waals surface area contributed by atoms with Crippen LogP contribution in [0.5, 0.6) is 5.75 Å². The fourth-order valence-electron chi connectivity index (χ4n) is 3.01. The molecule has 0 fully saturated rings. The molecular weight excluding hydrogens is 330 g/mol. The summed E-state index contributed by atoms with van der Waals surface area (Å²) in [5, 5.41) is 8.42. The zero-order chi connectivity index (χ0) is 18.7. The number of methoxy groups -OCH3 is 1. The molecule has 1 atom stereocenters. The molecule has 0 aliphatic carbocycles. The van der Waals surface area contributed by atoms with Crippen molar-refractivity contribution in [1.82, 2.24) is 10.6 Å². The Bertz CT molecular complexity index is 872. The highest BCUT2D eigenvalue weighted by Gasteiger charge is 2.31. The smallest absolute Gasteiger partial charge is 0.319 e. The number of carbonyl (C=O) groups excluding carboxylic acids is 2. The normalized spacial score (nSPS) is 16.6. The minimum absolute atomic E-state index is 0.270. The first-order valence-electron chi connectivity index (χ1n) is 8.29. The van der Waals surface area contributed by atoms with E-state index in [2.05, 4.69) is 16.0 Å². The summed E-state index contributed by atoms with van der Waals surface area (Å²) >= 11 is 0. The Morgan fingerprint density at radius 2 is 1.77 bits per heavy atom. The Balaban J connectivity index is 1.93. The Hall–Kier alpha value is -3.28. The largest absolute Gasteiger partial charge is 0.497 e. The maximum Gasteiger partial charge on any atom is 0.319 e. The van der Waals surface area contributed by atoms with E-state index in [9.17, 15) is 9.59 Å². The molecule has 3 amide bonds. The Labute approximate surface area is 152 Å². The van der Waals surface area contributed by atoms with Crippen molar-refractivity contribution in [2.75, 3.05) is 12.4 Å². The van der Waals surface area contributed by atoms with Crippen LogP contribution < -0.4 is 20.7 Å². The molecule has 26 heavy (non-hydrogen) atoms. The summed E-state index contributed by atoms with van der Waals surface area (Å²) in [5.74, 6) is 0.441. The van der Waals surface area contributed by atoms with Crippen molar-refractivity contribution in [2.24, 2.45) is 0 Å². The fourth-order valence-corrected chi connectivity index (χ4v) is 3.01. The number of ether oxygens (including phenoxy) is 1. The molecule has 3 N–H and O–H groups in total. The lowest BCUT2D eigenvalue weighted by Crippen LogP contribution is -2.46. The SMILES string of the molecule is COc1ccc(NC(=O)C2=C(C)NC(=O)N[C@H]2c2ccccc2C)cc1. The molecule has 1 aliphatic heterocycles. The molecule has 6 nitrogen and oxygen atoms in total. The number of rotatable bonds is 4. The number of carbonyl (C=O) groups is 2. The fraction of sp³-hybridized carbons (Fsp3) is 0.200. The van der Waals surface area contributed by atoms with Crippen molar-refractivity contribution >= 4 is 17.6 Å². The summed E-state index contributed by atoms with van der Waals surface area (Å²) in [4.78, 5) is 24.9. The molecule has 0 saturated carbocycles. The van der Waals surface area contributed by atoms with Crippen molar-refractivity contribution in [1.29, 1.82) is 0 Å². The highest BCUT2D eigenvalue weighted by molar-refractivity contribution is 6.06. The van der Waals surface area contributed by atoms with Gasteiger partial charge in [-0.15, -0.1) is 0 Å². The molecule has 0 radical (unpaired) electrons. The molecule has 2 aromatic rings. The molecule has 3 rings (SSSR count). The van der Waals surface area contributed by atoms with Crippen LogP contribution in [-0.4, -0.2) is 19.0 Å². The summed E-state index contributed by atoms with van der Waals surface area (Å²) in [6.07, 6.45) is 0. The number of nitrogens with one attached hydrogen (secondary N) is 3. The van der Waals surface area contributed by atoms with E-state index in [0.29, 0.717) is 22.7 Å². The topological polar surface area (TPSA) is 79.5 Å². The lowest BCUT2D eigenvalue weighted by Gasteiger charge is -2.29. The van der Waals surface area contributed by atoms with E-state index in [1.54, 1.807) is 38.3 Å². The van der Waals surface area contributed by atoms with Crippen LogP contribution in [0, 0.1) is 6.92 Å². The van der Waals surface area contributed by atoms with E-state index >= 15 is 0 Å². The monoisotopic (exact) mass is 351 g/mol. The Morgan fingerprint density at radius 1 is 1.08 bits per heavy atom. The van der Waals surface area contributed by atoms with Crippen LogP contribution >= 0.6 is 0 Å². The van der Waals surface area contributed by atoms with E-state index in [0.717, 1.165) is 11.1 Å². The second-order valence-electron chi connectivity index (χ2n) is 6.11. The predicted octanol–water partition coefficient (Wildman–Crippen LogP) is 3.27. The molecule has 0 bridgehead atoms. The highest BCUT2D eigenvalue weighted by atomic mass is 16.5. The Morgan fingerprint density at radius 3 is 2.42 bits per heavy atom. The van der Waals surface area contributed by atoms with Crippen LogP contribution in [0.2, 0.25) is 0 Å². The number of hydrogen-bond acceptors (Lipinski definition) is 3. The van der Waals surface area contributed by atoms with Crippen LogP contribution in [0.4, 0.5) is 10.5 Å². The van der Waals surface area contributed by atoms with Gasteiger partial charge in [-0.05, 0) is 49.2 Å². The molecule has 0 aromatic heterocycles. The lowest BCUT2D eigenvalue weighted by molar-refractivity contribution is -0.113. The van der Waals surface area contributed by atoms with Gasteiger partial charge in [0.25, 0.3) is 5.91 Å². The molecule has 0 saturated heterocycles. The average Bonchev–Trinajstić information content (AvgIpc) is 2.62. The van der Waals surface area contributed by atoms with Gasteiger partial charge in [0.05, 0.1) is 18.7 Å². The molecule has 1 aliphatic rings. The first-order valence-corrected chi connectivity index (χ1v) is 8.29. The van der Waals surface area contributed by atoms with Crippen LogP contribution in [0.1, 0.15) is 24.1 Å². The second kappa shape index (κ2) is 7.31. The van der Waals surface area contributed by atoms with Crippen molar-refractivity contribution in [2.45, 2.75) is 19.9 Å². The number of amides is 3. The molecule has 2 aromatic carbocycles. The third-order valence-corrected chi connectivity index (χ3v) is 4.36. The van der Waals surface area contributed by atoms with Crippen LogP contribution in [0.15, 0.2) is 59.8 Å². The van der Waals surface area contributed by atoms with E-state index in [4.69, 9.17) is 4.74 Å². The third-order valence-electron chi connectivity index (χ3n) is 4.36. The van der Waals surface area contributed by atoms with Crippen LogP contribution in [-0.2, 0) is 4.79 Å². The van der Waals surface area contributed by atoms with Crippen molar-refractivity contribution in [3.05, 3.63) is 70.9 Å². The zero-order valence-electron chi connectivity index (χ0n) is 14.9. The lowest BCUT2D eigenvalue weighted by atomic mass is 9.92. The minimum Gasteiger partial charge on any atom is -0.497 e. The number of anilines is 1. The first kappa shape index (κ1) is 17.5. The van der Waals surface area contributed by atoms with Crippen molar-refractivity contribution < 1.29 is 14.3 Å². The molecule has 134 valence electrons. The average molecular weight is 351 g/mol. The summed E-state index contributed by atoms with van der Waals surface area (Å²) in [6, 6.07) is 13.9. The van der Waals surface area contributed by atoms with Gasteiger partial charge in [0, 0.05) is 11.4 Å². The van der Waals surface area contributed by atoms with E-state index < -0.39 is 6.04 Å². The van der Waals surface area contributed by atoms with E-state index in [-0.39, 0.29) is 11.9 Å². The maximum absolute atomic E-state index is 12.9. The predicted molar refractivity (Wildman–Crippen MR) is 99.9 cm³/mol. The van der Waals surface area contributed by atoms with Gasteiger partial charge >= 0.3 is 6.03 Å². The van der Waals surface area contributed by atoms with Gasteiger partial charge in [-0.1, -0.05) is 24.3 Å². The molecule has 0 spiro atoms. The quantitative estimate of drug-likeness (QED) is 0.791. The van der Waals surface area contributed by atoms with Gasteiger partial charge < -0.3 is 20.7 Å². The van der Waals surface area contributed by atoms with Gasteiger partial charge in [-0.2, -0.15) is 0 Å². The first-order chi connectivity index (χ1) is 12.5. The number of aryl methyl sites for hydroxylation is 1. The van der Waals surface area contributed by atoms with Crippen LogP contribution in [0.25, 0.3) is 0 Å². The van der Waals surface area contributed by atoms with E-state index in [1.165, 1.54) is 0 Å². The number of allylic oxidation sites excluding steroid dienone is 1. The summed E-state index contributed by atoms with van der Waals surface area (Å²) < 4.78 is 5.13. The minimum atomic E-state index is -0.511. The summed E-state index contributed by atoms with van der Waals surface area (Å²) in [6.45, 7) is 3.69. The standard InChI is InChI=1S/C20H21N3O3/c1-12-6-4-5-7-16(12)18-17(13(2)21-20(25)23-18)19(24)22-14-8-10-15(26-3)11-9-14/h4-11,18H,1-3H3,(H,22,24)(H2,21,23,25)/t18-/m0/s1. The van der Waals surface area contributed by atoms with Gasteiger partial charge in [0.2, 0.25) is 0 Å². The van der Waals surface area contributed by atoms with Gasteiger partial charge in [0.1, 0.15) is 5.75 Å². The zero-order valence-corrected chi connectivity index (χ0v) is 14.9. The van der Waals surface area contributed by atoms with Crippen molar-refractivity contribution in [3.8, 4) is 5.75 Å².